The number of rotatable bonds is 9. The molecule has 0 aromatic heterocycles. The number of nitrogens with one attached hydrogen (secondary N) is 2. The lowest BCUT2D eigenvalue weighted by atomic mass is 9.87. The number of piperidine rings is 1. The maximum absolute atomic E-state index is 13.4. The molecular formula is C33H34FN3O4. The summed E-state index contributed by atoms with van der Waals surface area (Å²) in [5.41, 5.74) is 2.52. The minimum absolute atomic E-state index is 0.109. The molecule has 1 saturated heterocycles. The zero-order valence-corrected chi connectivity index (χ0v) is 23.2. The lowest BCUT2D eigenvalue weighted by Gasteiger charge is -2.36. The molecule has 4 aromatic carbocycles. The Labute approximate surface area is 239 Å². The molecule has 0 aliphatic carbocycles. The van der Waals surface area contributed by atoms with Crippen LogP contribution in [0.5, 0.6) is 11.5 Å². The number of hydrogen-bond donors (Lipinski definition) is 2. The highest BCUT2D eigenvalue weighted by Crippen LogP contribution is 2.29. The summed E-state index contributed by atoms with van der Waals surface area (Å²) in [6.45, 7) is 1.99. The number of fused-ring (bicyclic) bond motifs is 1. The first kappa shape index (κ1) is 28.1. The van der Waals surface area contributed by atoms with Crippen LogP contribution < -0.4 is 20.1 Å². The third kappa shape index (κ3) is 7.02. The van der Waals surface area contributed by atoms with Crippen molar-refractivity contribution >= 4 is 28.3 Å². The van der Waals surface area contributed by atoms with Gasteiger partial charge in [-0.1, -0.05) is 42.5 Å². The van der Waals surface area contributed by atoms with Crippen LogP contribution in [0.15, 0.2) is 84.9 Å². The van der Waals surface area contributed by atoms with Gasteiger partial charge in [-0.05, 0) is 70.8 Å². The molecule has 1 fully saturated rings. The maximum Gasteiger partial charge on any atom is 0.228 e. The molecule has 5 rings (SSSR count). The van der Waals surface area contributed by atoms with Gasteiger partial charge in [0.1, 0.15) is 5.82 Å². The molecule has 0 saturated carbocycles. The molecule has 8 heteroatoms. The van der Waals surface area contributed by atoms with Gasteiger partial charge in [0, 0.05) is 31.9 Å². The average molecular weight is 556 g/mol. The first-order valence-corrected chi connectivity index (χ1v) is 13.7. The summed E-state index contributed by atoms with van der Waals surface area (Å²) in [5.74, 6) is -0.238. The molecule has 4 aromatic rings. The number of carbonyl (C=O) groups excluding carboxylic acids is 2. The van der Waals surface area contributed by atoms with E-state index in [-0.39, 0.29) is 23.5 Å². The third-order valence-electron chi connectivity index (χ3n) is 7.51. The molecule has 2 atom stereocenters. The highest BCUT2D eigenvalue weighted by atomic mass is 19.1. The molecule has 0 bridgehead atoms. The predicted molar refractivity (Wildman–Crippen MR) is 157 cm³/mol. The standard InChI is InChI=1S/C33H34FN3O4/c1-40-30-14-8-22(16-31(30)41-2)18-35-32(38)26-17-27(33(39)36-29-12-10-28(34)11-13-29)21-37(20-26)19-23-7-9-24-5-3-4-6-25(24)15-23/h3-16,26-27H,17-21H2,1-2H3,(H,35,38)(H,36,39)/t26-,27+/m0/s1. The topological polar surface area (TPSA) is 79.9 Å². The van der Waals surface area contributed by atoms with Crippen molar-refractivity contribution in [3.63, 3.8) is 0 Å². The van der Waals surface area contributed by atoms with E-state index >= 15 is 0 Å². The number of carbonyl (C=O) groups is 2. The highest BCUT2D eigenvalue weighted by molar-refractivity contribution is 5.93. The van der Waals surface area contributed by atoms with Gasteiger partial charge in [0.25, 0.3) is 0 Å². The second-order valence-electron chi connectivity index (χ2n) is 10.4. The Balaban J connectivity index is 1.31. The number of methoxy groups -OCH3 is 2. The molecule has 1 aliphatic heterocycles. The first-order valence-electron chi connectivity index (χ1n) is 13.7. The average Bonchev–Trinajstić information content (AvgIpc) is 3.00. The molecule has 0 unspecified atom stereocenters. The van der Waals surface area contributed by atoms with E-state index in [4.69, 9.17) is 9.47 Å². The van der Waals surface area contributed by atoms with E-state index in [2.05, 4.69) is 45.9 Å². The number of amides is 2. The van der Waals surface area contributed by atoms with E-state index < -0.39 is 5.92 Å². The van der Waals surface area contributed by atoms with Crippen LogP contribution in [-0.2, 0) is 22.7 Å². The fraction of sp³-hybridized carbons (Fsp3) is 0.273. The number of hydrogen-bond acceptors (Lipinski definition) is 5. The van der Waals surface area contributed by atoms with Gasteiger partial charge in [-0.2, -0.15) is 0 Å². The minimum atomic E-state index is -0.411. The quantitative estimate of drug-likeness (QED) is 0.290. The van der Waals surface area contributed by atoms with Crippen molar-refractivity contribution in [2.75, 3.05) is 32.6 Å². The van der Waals surface area contributed by atoms with Crippen molar-refractivity contribution in [3.05, 3.63) is 102 Å². The monoisotopic (exact) mass is 555 g/mol. The van der Waals surface area contributed by atoms with Gasteiger partial charge in [0.2, 0.25) is 11.8 Å². The van der Waals surface area contributed by atoms with Crippen molar-refractivity contribution in [2.45, 2.75) is 19.5 Å². The van der Waals surface area contributed by atoms with Gasteiger partial charge in [-0.25, -0.2) is 4.39 Å². The Morgan fingerprint density at radius 2 is 1.49 bits per heavy atom. The summed E-state index contributed by atoms with van der Waals surface area (Å²) >= 11 is 0. The molecule has 1 aliphatic rings. The molecule has 0 spiro atoms. The fourth-order valence-corrected chi connectivity index (χ4v) is 5.40. The van der Waals surface area contributed by atoms with Crippen LogP contribution in [0.25, 0.3) is 10.8 Å². The summed E-state index contributed by atoms with van der Waals surface area (Å²) < 4.78 is 24.1. The summed E-state index contributed by atoms with van der Waals surface area (Å²) in [7, 11) is 3.15. The summed E-state index contributed by atoms with van der Waals surface area (Å²) in [5, 5.41) is 8.26. The Morgan fingerprint density at radius 3 is 2.22 bits per heavy atom. The van der Waals surface area contributed by atoms with Crippen LogP contribution in [0.3, 0.4) is 0 Å². The van der Waals surface area contributed by atoms with Gasteiger partial charge in [0.05, 0.1) is 26.1 Å². The van der Waals surface area contributed by atoms with E-state index in [1.807, 2.05) is 30.3 Å². The number of halogens is 1. The summed E-state index contributed by atoms with van der Waals surface area (Å²) in [6, 6.07) is 25.8. The number of anilines is 1. The largest absolute Gasteiger partial charge is 0.493 e. The zero-order valence-electron chi connectivity index (χ0n) is 23.2. The predicted octanol–water partition coefficient (Wildman–Crippen LogP) is 5.39. The van der Waals surface area contributed by atoms with Crippen LogP contribution in [0.1, 0.15) is 17.5 Å². The number of ether oxygens (including phenoxy) is 2. The second kappa shape index (κ2) is 12.8. The van der Waals surface area contributed by atoms with E-state index in [0.717, 1.165) is 16.5 Å². The van der Waals surface area contributed by atoms with Crippen LogP contribution in [0, 0.1) is 17.7 Å². The molecular weight excluding hydrogens is 521 g/mol. The van der Waals surface area contributed by atoms with Crippen LogP contribution in [-0.4, -0.2) is 44.0 Å². The molecule has 212 valence electrons. The van der Waals surface area contributed by atoms with Crippen molar-refractivity contribution in [3.8, 4) is 11.5 Å². The van der Waals surface area contributed by atoms with Crippen molar-refractivity contribution in [1.82, 2.24) is 10.2 Å². The fourth-order valence-electron chi connectivity index (χ4n) is 5.40. The maximum atomic E-state index is 13.4. The first-order chi connectivity index (χ1) is 19.9. The zero-order chi connectivity index (χ0) is 28.8. The Morgan fingerprint density at radius 1 is 0.805 bits per heavy atom. The van der Waals surface area contributed by atoms with E-state index in [0.29, 0.717) is 49.8 Å². The van der Waals surface area contributed by atoms with Crippen molar-refractivity contribution < 1.29 is 23.5 Å². The lowest BCUT2D eigenvalue weighted by molar-refractivity contribution is -0.130. The Kier molecular flexibility index (Phi) is 8.79. The summed E-state index contributed by atoms with van der Waals surface area (Å²) in [4.78, 5) is 28.9. The molecule has 0 radical (unpaired) electrons. The highest BCUT2D eigenvalue weighted by Gasteiger charge is 2.35. The molecule has 1 heterocycles. The van der Waals surface area contributed by atoms with E-state index in [1.165, 1.54) is 29.7 Å². The van der Waals surface area contributed by atoms with E-state index in [1.54, 1.807) is 14.2 Å². The number of nitrogens with zero attached hydrogens (tertiary/aromatic N) is 1. The smallest absolute Gasteiger partial charge is 0.228 e. The minimum Gasteiger partial charge on any atom is -0.493 e. The second-order valence-corrected chi connectivity index (χ2v) is 10.4. The number of benzene rings is 4. The van der Waals surface area contributed by atoms with Crippen molar-refractivity contribution in [2.24, 2.45) is 11.8 Å². The van der Waals surface area contributed by atoms with Gasteiger partial charge >= 0.3 is 0 Å². The van der Waals surface area contributed by atoms with Gasteiger partial charge < -0.3 is 20.1 Å². The molecule has 41 heavy (non-hydrogen) atoms. The molecule has 2 amide bonds. The lowest BCUT2D eigenvalue weighted by Crippen LogP contribution is -2.48. The van der Waals surface area contributed by atoms with Crippen LogP contribution >= 0.6 is 0 Å². The van der Waals surface area contributed by atoms with E-state index in [9.17, 15) is 14.0 Å². The van der Waals surface area contributed by atoms with Gasteiger partial charge in [-0.3, -0.25) is 14.5 Å². The normalized spacial score (nSPS) is 17.1. The Hall–Kier alpha value is -4.43. The van der Waals surface area contributed by atoms with Crippen molar-refractivity contribution in [1.29, 1.82) is 0 Å². The SMILES string of the molecule is COc1ccc(CNC(=O)[C@H]2C[C@@H](C(=O)Nc3ccc(F)cc3)CN(Cc3ccc4ccccc4c3)C2)cc1OC. The molecule has 2 N–H and O–H groups in total. The Bertz CT molecular complexity index is 1520. The molecule has 7 nitrogen and oxygen atoms in total. The number of likely N-dealkylation sites (tertiary alicyclic amines) is 1. The van der Waals surface area contributed by atoms with Gasteiger partial charge in [-0.15, -0.1) is 0 Å². The van der Waals surface area contributed by atoms with Crippen LogP contribution in [0.4, 0.5) is 10.1 Å². The van der Waals surface area contributed by atoms with Crippen LogP contribution in [0.2, 0.25) is 0 Å². The van der Waals surface area contributed by atoms with Gasteiger partial charge in [0.15, 0.2) is 11.5 Å². The third-order valence-corrected chi connectivity index (χ3v) is 7.51. The summed E-state index contributed by atoms with van der Waals surface area (Å²) in [6.07, 6.45) is 0.416.